The van der Waals surface area contributed by atoms with Crippen molar-refractivity contribution >= 4 is 27.8 Å². The van der Waals surface area contributed by atoms with Crippen molar-refractivity contribution in [1.29, 1.82) is 0 Å². The molecule has 0 saturated heterocycles. The van der Waals surface area contributed by atoms with Gasteiger partial charge in [0.05, 0.1) is 6.04 Å². The summed E-state index contributed by atoms with van der Waals surface area (Å²) in [4.78, 5) is 23.7. The van der Waals surface area contributed by atoms with Gasteiger partial charge in [0.25, 0.3) is 5.91 Å². The largest absolute Gasteiger partial charge is 0.456 e. The van der Waals surface area contributed by atoms with Crippen molar-refractivity contribution in [2.24, 2.45) is 5.92 Å². The maximum atomic E-state index is 11.9. The van der Waals surface area contributed by atoms with Gasteiger partial charge in [0.15, 0.2) is 6.61 Å². The molecule has 1 atom stereocenters. The molecule has 1 aromatic rings. The first-order valence-electron chi connectivity index (χ1n) is 8.25. The van der Waals surface area contributed by atoms with E-state index in [9.17, 15) is 9.59 Å². The Labute approximate surface area is 146 Å². The first kappa shape index (κ1) is 18.0. The van der Waals surface area contributed by atoms with E-state index >= 15 is 0 Å². The summed E-state index contributed by atoms with van der Waals surface area (Å²) in [6, 6.07) is 7.64. The molecule has 0 aromatic heterocycles. The molecule has 0 bridgehead atoms. The zero-order valence-corrected chi connectivity index (χ0v) is 15.1. The van der Waals surface area contributed by atoms with E-state index in [0.29, 0.717) is 12.3 Å². The van der Waals surface area contributed by atoms with Gasteiger partial charge >= 0.3 is 5.97 Å². The molecule has 1 aliphatic carbocycles. The Morgan fingerprint density at radius 2 is 1.87 bits per heavy atom. The standard InChI is InChI=1S/C18H24BrNO3/c1-13(15-7-9-16(19)10-8-15)20-17(21)12-23-18(22)11-14-5-3-2-4-6-14/h7-10,13-14H,2-6,11-12H2,1H3,(H,20,21). The average Bonchev–Trinajstić information content (AvgIpc) is 2.54. The molecule has 1 aromatic carbocycles. The molecular weight excluding hydrogens is 358 g/mol. The number of nitrogens with one attached hydrogen (secondary N) is 1. The van der Waals surface area contributed by atoms with E-state index in [1.54, 1.807) is 0 Å². The summed E-state index contributed by atoms with van der Waals surface area (Å²) in [5.74, 6) is -0.0956. The summed E-state index contributed by atoms with van der Waals surface area (Å²) in [6.45, 7) is 1.71. The Kier molecular flexibility index (Phi) is 7.09. The molecule has 1 unspecified atom stereocenters. The molecule has 0 aliphatic heterocycles. The Hall–Kier alpha value is -1.36. The molecule has 1 saturated carbocycles. The maximum absolute atomic E-state index is 11.9. The van der Waals surface area contributed by atoms with E-state index in [-0.39, 0.29) is 24.5 Å². The van der Waals surface area contributed by atoms with Crippen LogP contribution in [-0.4, -0.2) is 18.5 Å². The Balaban J connectivity index is 1.69. The zero-order chi connectivity index (χ0) is 16.7. The topological polar surface area (TPSA) is 55.4 Å². The van der Waals surface area contributed by atoms with Crippen LogP contribution < -0.4 is 5.32 Å². The fourth-order valence-electron chi connectivity index (χ4n) is 2.95. The van der Waals surface area contributed by atoms with Crippen LogP contribution in [0.15, 0.2) is 28.7 Å². The first-order chi connectivity index (χ1) is 11.0. The van der Waals surface area contributed by atoms with Crippen molar-refractivity contribution in [1.82, 2.24) is 5.32 Å². The van der Waals surface area contributed by atoms with Crippen LogP contribution in [0.1, 0.15) is 57.1 Å². The van der Waals surface area contributed by atoms with Gasteiger partial charge in [0.2, 0.25) is 0 Å². The molecule has 0 spiro atoms. The Morgan fingerprint density at radius 3 is 2.52 bits per heavy atom. The van der Waals surface area contributed by atoms with Gasteiger partial charge < -0.3 is 10.1 Å². The molecule has 126 valence electrons. The summed E-state index contributed by atoms with van der Waals surface area (Å²) in [5.41, 5.74) is 1.01. The van der Waals surface area contributed by atoms with E-state index in [0.717, 1.165) is 22.9 Å². The number of ether oxygens (including phenoxy) is 1. The predicted molar refractivity (Wildman–Crippen MR) is 92.9 cm³/mol. The van der Waals surface area contributed by atoms with Crippen LogP contribution in [0, 0.1) is 5.92 Å². The minimum absolute atomic E-state index is 0.118. The van der Waals surface area contributed by atoms with Crippen molar-refractivity contribution in [3.05, 3.63) is 34.3 Å². The molecule has 23 heavy (non-hydrogen) atoms. The number of hydrogen-bond donors (Lipinski definition) is 1. The summed E-state index contributed by atoms with van der Waals surface area (Å²) in [5, 5.41) is 2.84. The number of benzene rings is 1. The lowest BCUT2D eigenvalue weighted by Gasteiger charge is -2.20. The Morgan fingerprint density at radius 1 is 1.22 bits per heavy atom. The zero-order valence-electron chi connectivity index (χ0n) is 13.5. The highest BCUT2D eigenvalue weighted by molar-refractivity contribution is 9.10. The minimum atomic E-state index is -0.266. The number of carbonyl (C=O) groups excluding carboxylic acids is 2. The van der Waals surface area contributed by atoms with Crippen molar-refractivity contribution in [2.75, 3.05) is 6.61 Å². The monoisotopic (exact) mass is 381 g/mol. The molecule has 5 heteroatoms. The number of esters is 1. The van der Waals surface area contributed by atoms with Crippen LogP contribution in [0.25, 0.3) is 0 Å². The van der Waals surface area contributed by atoms with Gasteiger partial charge in [-0.2, -0.15) is 0 Å². The van der Waals surface area contributed by atoms with E-state index in [2.05, 4.69) is 21.2 Å². The lowest BCUT2D eigenvalue weighted by atomic mass is 9.87. The van der Waals surface area contributed by atoms with Crippen LogP contribution >= 0.6 is 15.9 Å². The minimum Gasteiger partial charge on any atom is -0.456 e. The number of amides is 1. The molecule has 1 N–H and O–H groups in total. The summed E-state index contributed by atoms with van der Waals surface area (Å²) < 4.78 is 6.10. The van der Waals surface area contributed by atoms with Gasteiger partial charge in [-0.25, -0.2) is 0 Å². The highest BCUT2D eigenvalue weighted by Crippen LogP contribution is 2.26. The fraction of sp³-hybridized carbons (Fsp3) is 0.556. The highest BCUT2D eigenvalue weighted by atomic mass is 79.9. The summed E-state index contributed by atoms with van der Waals surface area (Å²) >= 11 is 3.38. The van der Waals surface area contributed by atoms with Crippen molar-refractivity contribution in [2.45, 2.75) is 51.5 Å². The van der Waals surface area contributed by atoms with Crippen LogP contribution in [0.4, 0.5) is 0 Å². The number of halogens is 1. The van der Waals surface area contributed by atoms with Gasteiger partial charge in [-0.3, -0.25) is 9.59 Å². The highest BCUT2D eigenvalue weighted by Gasteiger charge is 2.19. The lowest BCUT2D eigenvalue weighted by molar-refractivity contribution is -0.149. The number of rotatable bonds is 6. The van der Waals surface area contributed by atoms with Crippen molar-refractivity contribution in [3.8, 4) is 0 Å². The van der Waals surface area contributed by atoms with E-state index in [1.165, 1.54) is 19.3 Å². The normalized spacial score (nSPS) is 16.6. The maximum Gasteiger partial charge on any atom is 0.306 e. The molecule has 2 rings (SSSR count). The van der Waals surface area contributed by atoms with Crippen molar-refractivity contribution in [3.63, 3.8) is 0 Å². The van der Waals surface area contributed by atoms with Gasteiger partial charge in [-0.05, 0) is 43.4 Å². The van der Waals surface area contributed by atoms with Gasteiger partial charge in [-0.1, -0.05) is 47.3 Å². The third-order valence-electron chi connectivity index (χ3n) is 4.29. The number of carbonyl (C=O) groups is 2. The third kappa shape index (κ3) is 6.34. The quantitative estimate of drug-likeness (QED) is 0.753. The Bertz CT molecular complexity index is 524. The SMILES string of the molecule is CC(NC(=O)COC(=O)CC1CCCCC1)c1ccc(Br)cc1. The van der Waals surface area contributed by atoms with E-state index in [1.807, 2.05) is 31.2 Å². The molecule has 4 nitrogen and oxygen atoms in total. The van der Waals surface area contributed by atoms with Gasteiger partial charge in [-0.15, -0.1) is 0 Å². The molecule has 0 radical (unpaired) electrons. The molecular formula is C18H24BrNO3. The van der Waals surface area contributed by atoms with Gasteiger partial charge in [0.1, 0.15) is 0 Å². The molecule has 1 aliphatic rings. The fourth-order valence-corrected chi connectivity index (χ4v) is 3.21. The summed E-state index contributed by atoms with van der Waals surface area (Å²) in [6.07, 6.45) is 6.30. The van der Waals surface area contributed by atoms with Gasteiger partial charge in [0, 0.05) is 10.9 Å². The second-order valence-electron chi connectivity index (χ2n) is 6.21. The summed E-state index contributed by atoms with van der Waals surface area (Å²) in [7, 11) is 0. The van der Waals surface area contributed by atoms with Crippen LogP contribution in [0.3, 0.4) is 0 Å². The van der Waals surface area contributed by atoms with Crippen LogP contribution in [0.2, 0.25) is 0 Å². The van der Waals surface area contributed by atoms with E-state index in [4.69, 9.17) is 4.74 Å². The molecule has 1 fully saturated rings. The molecule has 1 amide bonds. The average molecular weight is 382 g/mol. The first-order valence-corrected chi connectivity index (χ1v) is 9.04. The van der Waals surface area contributed by atoms with Crippen LogP contribution in [0.5, 0.6) is 0 Å². The molecule has 0 heterocycles. The second kappa shape index (κ2) is 9.06. The van der Waals surface area contributed by atoms with Crippen molar-refractivity contribution < 1.29 is 14.3 Å². The lowest BCUT2D eigenvalue weighted by Crippen LogP contribution is -2.31. The number of hydrogen-bond acceptors (Lipinski definition) is 3. The smallest absolute Gasteiger partial charge is 0.306 e. The third-order valence-corrected chi connectivity index (χ3v) is 4.82. The predicted octanol–water partition coefficient (Wildman–Crippen LogP) is 4.14. The van der Waals surface area contributed by atoms with E-state index < -0.39 is 0 Å². The second-order valence-corrected chi connectivity index (χ2v) is 7.13. The van der Waals surface area contributed by atoms with Crippen LogP contribution in [-0.2, 0) is 14.3 Å².